The first-order valence-electron chi connectivity index (χ1n) is 6.38. The van der Waals surface area contributed by atoms with Gasteiger partial charge >= 0.3 is 6.03 Å². The molecule has 2 amide bonds. The van der Waals surface area contributed by atoms with Gasteiger partial charge < -0.3 is 15.4 Å². The van der Waals surface area contributed by atoms with Crippen molar-refractivity contribution in [1.29, 1.82) is 0 Å². The first kappa shape index (κ1) is 13.9. The third kappa shape index (κ3) is 3.51. The van der Waals surface area contributed by atoms with Crippen LogP contribution in [0.2, 0.25) is 0 Å². The molecule has 0 bridgehead atoms. The molecule has 0 spiro atoms. The van der Waals surface area contributed by atoms with Crippen LogP contribution in [0.25, 0.3) is 0 Å². The SMILES string of the molecule is COc1ccc(C)c(NC(=O)Nc2ccc(C)cc2)c1. The number of aryl methyl sites for hydroxylation is 2. The number of rotatable bonds is 3. The highest BCUT2D eigenvalue weighted by molar-refractivity contribution is 6.00. The molecule has 4 heteroatoms. The van der Waals surface area contributed by atoms with Gasteiger partial charge in [-0.2, -0.15) is 0 Å². The highest BCUT2D eigenvalue weighted by atomic mass is 16.5. The molecule has 0 heterocycles. The molecule has 0 saturated carbocycles. The van der Waals surface area contributed by atoms with Gasteiger partial charge in [0.15, 0.2) is 0 Å². The van der Waals surface area contributed by atoms with Crippen molar-refractivity contribution in [2.45, 2.75) is 13.8 Å². The molecule has 0 unspecified atom stereocenters. The zero-order valence-corrected chi connectivity index (χ0v) is 11.9. The second-order valence-electron chi connectivity index (χ2n) is 4.63. The van der Waals surface area contributed by atoms with Gasteiger partial charge in [-0.25, -0.2) is 4.79 Å². The van der Waals surface area contributed by atoms with Gasteiger partial charge in [0.1, 0.15) is 5.75 Å². The summed E-state index contributed by atoms with van der Waals surface area (Å²) in [5, 5.41) is 5.61. The van der Waals surface area contributed by atoms with Crippen molar-refractivity contribution in [3.05, 3.63) is 53.6 Å². The highest BCUT2D eigenvalue weighted by Gasteiger charge is 2.06. The lowest BCUT2D eigenvalue weighted by atomic mass is 10.2. The van der Waals surface area contributed by atoms with E-state index in [2.05, 4.69) is 10.6 Å². The van der Waals surface area contributed by atoms with E-state index >= 15 is 0 Å². The second-order valence-corrected chi connectivity index (χ2v) is 4.63. The van der Waals surface area contributed by atoms with Crippen LogP contribution in [-0.2, 0) is 0 Å². The summed E-state index contributed by atoms with van der Waals surface area (Å²) >= 11 is 0. The molecule has 0 aliphatic carbocycles. The van der Waals surface area contributed by atoms with Gasteiger partial charge in [0.05, 0.1) is 7.11 Å². The Labute approximate surface area is 118 Å². The monoisotopic (exact) mass is 270 g/mol. The van der Waals surface area contributed by atoms with Crippen molar-refractivity contribution >= 4 is 17.4 Å². The average molecular weight is 270 g/mol. The average Bonchev–Trinajstić information content (AvgIpc) is 2.44. The number of hydrogen-bond donors (Lipinski definition) is 2. The quantitative estimate of drug-likeness (QED) is 0.887. The van der Waals surface area contributed by atoms with E-state index in [4.69, 9.17) is 4.74 Å². The maximum atomic E-state index is 12.0. The zero-order chi connectivity index (χ0) is 14.5. The molecule has 0 fully saturated rings. The Morgan fingerprint density at radius 3 is 2.35 bits per heavy atom. The largest absolute Gasteiger partial charge is 0.497 e. The van der Waals surface area contributed by atoms with Gasteiger partial charge in [-0.3, -0.25) is 0 Å². The van der Waals surface area contributed by atoms with E-state index in [-0.39, 0.29) is 6.03 Å². The van der Waals surface area contributed by atoms with Gasteiger partial charge in [0.2, 0.25) is 0 Å². The summed E-state index contributed by atoms with van der Waals surface area (Å²) in [6.07, 6.45) is 0. The predicted molar refractivity (Wildman–Crippen MR) is 81.6 cm³/mol. The summed E-state index contributed by atoms with van der Waals surface area (Å²) in [5.74, 6) is 0.709. The molecule has 4 nitrogen and oxygen atoms in total. The summed E-state index contributed by atoms with van der Waals surface area (Å²) < 4.78 is 5.15. The van der Waals surface area contributed by atoms with Crippen LogP contribution >= 0.6 is 0 Å². The number of carbonyl (C=O) groups is 1. The number of amides is 2. The Kier molecular flexibility index (Phi) is 4.25. The van der Waals surface area contributed by atoms with Crippen molar-refractivity contribution in [2.75, 3.05) is 17.7 Å². The van der Waals surface area contributed by atoms with E-state index < -0.39 is 0 Å². The molecule has 0 radical (unpaired) electrons. The number of nitrogens with one attached hydrogen (secondary N) is 2. The summed E-state index contributed by atoms with van der Waals surface area (Å²) in [7, 11) is 1.60. The third-order valence-corrected chi connectivity index (χ3v) is 3.00. The minimum Gasteiger partial charge on any atom is -0.497 e. The lowest BCUT2D eigenvalue weighted by Crippen LogP contribution is -2.19. The van der Waals surface area contributed by atoms with Gasteiger partial charge in [-0.15, -0.1) is 0 Å². The lowest BCUT2D eigenvalue weighted by Gasteiger charge is -2.11. The van der Waals surface area contributed by atoms with Gasteiger partial charge in [-0.05, 0) is 37.6 Å². The predicted octanol–water partition coefficient (Wildman–Crippen LogP) is 3.96. The third-order valence-electron chi connectivity index (χ3n) is 3.00. The van der Waals surface area contributed by atoms with Crippen LogP contribution < -0.4 is 15.4 Å². The van der Waals surface area contributed by atoms with Crippen LogP contribution in [0.3, 0.4) is 0 Å². The minimum atomic E-state index is -0.273. The van der Waals surface area contributed by atoms with Crippen LogP contribution in [0.4, 0.5) is 16.2 Å². The topological polar surface area (TPSA) is 50.4 Å². The Morgan fingerprint density at radius 1 is 1.00 bits per heavy atom. The van der Waals surface area contributed by atoms with Crippen LogP contribution in [-0.4, -0.2) is 13.1 Å². The summed E-state index contributed by atoms with van der Waals surface area (Å²) in [4.78, 5) is 12.0. The number of methoxy groups -OCH3 is 1. The highest BCUT2D eigenvalue weighted by Crippen LogP contribution is 2.22. The maximum Gasteiger partial charge on any atom is 0.323 e. The molecule has 0 aromatic heterocycles. The van der Waals surface area contributed by atoms with Crippen molar-refractivity contribution in [3.63, 3.8) is 0 Å². The van der Waals surface area contributed by atoms with Crippen molar-refractivity contribution in [3.8, 4) is 5.75 Å². The molecule has 2 aromatic carbocycles. The molecule has 2 aromatic rings. The molecule has 0 aliphatic rings. The molecule has 2 rings (SSSR count). The van der Waals surface area contributed by atoms with E-state index in [9.17, 15) is 4.79 Å². The van der Waals surface area contributed by atoms with E-state index in [0.29, 0.717) is 5.75 Å². The number of urea groups is 1. The lowest BCUT2D eigenvalue weighted by molar-refractivity contribution is 0.262. The Bertz CT molecular complexity index is 606. The number of hydrogen-bond acceptors (Lipinski definition) is 2. The second kappa shape index (κ2) is 6.10. The van der Waals surface area contributed by atoms with Crippen LogP contribution in [0.5, 0.6) is 5.75 Å². The fourth-order valence-electron chi connectivity index (χ4n) is 1.78. The molecule has 104 valence electrons. The van der Waals surface area contributed by atoms with Crippen LogP contribution in [0, 0.1) is 13.8 Å². The molecule has 0 atom stereocenters. The van der Waals surface area contributed by atoms with E-state index in [1.165, 1.54) is 0 Å². The van der Waals surface area contributed by atoms with E-state index in [1.54, 1.807) is 13.2 Å². The van der Waals surface area contributed by atoms with Gasteiger partial charge in [0.25, 0.3) is 0 Å². The smallest absolute Gasteiger partial charge is 0.323 e. The summed E-state index contributed by atoms with van der Waals surface area (Å²) in [5.41, 5.74) is 3.62. The minimum absolute atomic E-state index is 0.273. The maximum absolute atomic E-state index is 12.0. The Morgan fingerprint density at radius 2 is 1.70 bits per heavy atom. The van der Waals surface area contributed by atoms with Crippen LogP contribution in [0.15, 0.2) is 42.5 Å². The molecular weight excluding hydrogens is 252 g/mol. The number of benzene rings is 2. The molecule has 2 N–H and O–H groups in total. The summed E-state index contributed by atoms with van der Waals surface area (Å²) in [6.45, 7) is 3.93. The van der Waals surface area contributed by atoms with E-state index in [1.807, 2.05) is 50.2 Å². The molecule has 20 heavy (non-hydrogen) atoms. The Balaban J connectivity index is 2.06. The van der Waals surface area contributed by atoms with Crippen LogP contribution in [0.1, 0.15) is 11.1 Å². The van der Waals surface area contributed by atoms with Gasteiger partial charge in [-0.1, -0.05) is 23.8 Å². The Hall–Kier alpha value is -2.49. The standard InChI is InChI=1S/C16H18N2O2/c1-11-4-7-13(8-5-11)17-16(19)18-15-10-14(20-3)9-6-12(15)2/h4-10H,1-3H3,(H2,17,18,19). The first-order chi connectivity index (χ1) is 9.58. The van der Waals surface area contributed by atoms with Crippen molar-refractivity contribution in [2.24, 2.45) is 0 Å². The molecule has 0 saturated heterocycles. The van der Waals surface area contributed by atoms with Gasteiger partial charge in [0, 0.05) is 17.4 Å². The van der Waals surface area contributed by atoms with Crippen molar-refractivity contribution < 1.29 is 9.53 Å². The first-order valence-corrected chi connectivity index (χ1v) is 6.38. The fourth-order valence-corrected chi connectivity index (χ4v) is 1.78. The fraction of sp³-hybridized carbons (Fsp3) is 0.188. The molecular formula is C16H18N2O2. The number of anilines is 2. The number of carbonyl (C=O) groups excluding carboxylic acids is 1. The van der Waals surface area contributed by atoms with Crippen molar-refractivity contribution in [1.82, 2.24) is 0 Å². The van der Waals surface area contributed by atoms with E-state index in [0.717, 1.165) is 22.5 Å². The summed E-state index contributed by atoms with van der Waals surface area (Å²) in [6, 6.07) is 12.9. The normalized spacial score (nSPS) is 9.95. The zero-order valence-electron chi connectivity index (χ0n) is 11.9. The molecule has 0 aliphatic heterocycles. The number of ether oxygens (including phenoxy) is 1.